The lowest BCUT2D eigenvalue weighted by atomic mass is 9.96. The van der Waals surface area contributed by atoms with Gasteiger partial charge in [0.25, 0.3) is 0 Å². The molecule has 3 rings (SSSR count). The fourth-order valence-corrected chi connectivity index (χ4v) is 3.12. The Morgan fingerprint density at radius 3 is 2.94 bits per heavy atom. The number of rotatable bonds is 4. The minimum absolute atomic E-state index is 0.554. The van der Waals surface area contributed by atoms with E-state index in [-0.39, 0.29) is 0 Å². The molecule has 1 aliphatic heterocycles. The Morgan fingerprint density at radius 1 is 1.22 bits per heavy atom. The maximum atomic E-state index is 3.60. The van der Waals surface area contributed by atoms with E-state index in [4.69, 9.17) is 0 Å². The van der Waals surface area contributed by atoms with Crippen molar-refractivity contribution in [1.82, 2.24) is 10.6 Å². The van der Waals surface area contributed by atoms with Crippen molar-refractivity contribution < 1.29 is 0 Å². The molecule has 0 spiro atoms. The monoisotopic (exact) mass is 258 g/mol. The van der Waals surface area contributed by atoms with E-state index in [2.05, 4.69) is 51.7 Å². The summed E-state index contributed by atoms with van der Waals surface area (Å²) in [5.74, 6) is 0. The molecular weight excluding hydrogens is 240 g/mol. The third-order valence-electron chi connectivity index (χ3n) is 3.47. The SMILES string of the molecule is c1ccc2c(c1)CNC(CNCc1ccsc1)C2. The zero-order valence-electron chi connectivity index (χ0n) is 10.4. The Kier molecular flexibility index (Phi) is 3.74. The predicted octanol–water partition coefficient (Wildman–Crippen LogP) is 2.55. The minimum atomic E-state index is 0.554. The van der Waals surface area contributed by atoms with Gasteiger partial charge < -0.3 is 10.6 Å². The lowest BCUT2D eigenvalue weighted by Gasteiger charge is -2.26. The first-order valence-corrected chi connectivity index (χ1v) is 7.38. The molecule has 94 valence electrons. The van der Waals surface area contributed by atoms with Crippen molar-refractivity contribution in [3.05, 3.63) is 57.8 Å². The molecule has 18 heavy (non-hydrogen) atoms. The largest absolute Gasteiger partial charge is 0.311 e. The molecule has 0 amide bonds. The molecule has 0 saturated heterocycles. The van der Waals surface area contributed by atoms with E-state index in [0.717, 1.165) is 26.1 Å². The number of thiophene rings is 1. The Labute approximate surface area is 112 Å². The highest BCUT2D eigenvalue weighted by molar-refractivity contribution is 7.07. The van der Waals surface area contributed by atoms with Crippen LogP contribution < -0.4 is 10.6 Å². The maximum absolute atomic E-state index is 3.60. The predicted molar refractivity (Wildman–Crippen MR) is 76.8 cm³/mol. The van der Waals surface area contributed by atoms with Crippen LogP contribution in [0.2, 0.25) is 0 Å². The molecule has 3 heteroatoms. The fourth-order valence-electron chi connectivity index (χ4n) is 2.45. The molecule has 0 bridgehead atoms. The van der Waals surface area contributed by atoms with Crippen molar-refractivity contribution in [2.75, 3.05) is 6.54 Å². The summed E-state index contributed by atoms with van der Waals surface area (Å²) in [7, 11) is 0. The van der Waals surface area contributed by atoms with Gasteiger partial charge in [0.1, 0.15) is 0 Å². The first kappa shape index (κ1) is 11.9. The molecular formula is C15H18N2S. The highest BCUT2D eigenvalue weighted by Crippen LogP contribution is 2.15. The van der Waals surface area contributed by atoms with Crippen LogP contribution in [0.1, 0.15) is 16.7 Å². The molecule has 2 N–H and O–H groups in total. The number of hydrogen-bond acceptors (Lipinski definition) is 3. The maximum Gasteiger partial charge on any atom is 0.0236 e. The molecule has 2 heterocycles. The Morgan fingerprint density at radius 2 is 2.11 bits per heavy atom. The van der Waals surface area contributed by atoms with E-state index in [0.29, 0.717) is 6.04 Å². The van der Waals surface area contributed by atoms with E-state index >= 15 is 0 Å². The second-order valence-corrected chi connectivity index (χ2v) is 5.59. The van der Waals surface area contributed by atoms with Crippen molar-refractivity contribution in [1.29, 1.82) is 0 Å². The average Bonchev–Trinajstić information content (AvgIpc) is 2.92. The van der Waals surface area contributed by atoms with Crippen LogP contribution in [0.5, 0.6) is 0 Å². The van der Waals surface area contributed by atoms with E-state index < -0.39 is 0 Å². The molecule has 1 aromatic heterocycles. The second-order valence-electron chi connectivity index (χ2n) is 4.81. The number of fused-ring (bicyclic) bond motifs is 1. The second kappa shape index (κ2) is 5.65. The topological polar surface area (TPSA) is 24.1 Å². The quantitative estimate of drug-likeness (QED) is 0.880. The summed E-state index contributed by atoms with van der Waals surface area (Å²) in [6, 6.07) is 11.5. The molecule has 1 unspecified atom stereocenters. The number of nitrogens with one attached hydrogen (secondary N) is 2. The lowest BCUT2D eigenvalue weighted by Crippen LogP contribution is -2.42. The van der Waals surface area contributed by atoms with Gasteiger partial charge in [0.2, 0.25) is 0 Å². The third kappa shape index (κ3) is 2.80. The van der Waals surface area contributed by atoms with Gasteiger partial charge >= 0.3 is 0 Å². The van der Waals surface area contributed by atoms with Crippen molar-refractivity contribution in [2.24, 2.45) is 0 Å². The van der Waals surface area contributed by atoms with Crippen LogP contribution in [-0.2, 0) is 19.5 Å². The van der Waals surface area contributed by atoms with Crippen LogP contribution >= 0.6 is 11.3 Å². The standard InChI is InChI=1S/C15H18N2S/c1-2-4-14-9-17-15(7-13(14)3-1)10-16-8-12-5-6-18-11-12/h1-6,11,15-17H,7-10H2. The molecule has 1 aliphatic rings. The molecule has 0 fully saturated rings. The van der Waals surface area contributed by atoms with Crippen molar-refractivity contribution >= 4 is 11.3 Å². The van der Waals surface area contributed by atoms with Crippen LogP contribution in [-0.4, -0.2) is 12.6 Å². The van der Waals surface area contributed by atoms with Crippen molar-refractivity contribution in [3.8, 4) is 0 Å². The third-order valence-corrected chi connectivity index (χ3v) is 4.20. The lowest BCUT2D eigenvalue weighted by molar-refractivity contribution is 0.447. The highest BCUT2D eigenvalue weighted by atomic mass is 32.1. The van der Waals surface area contributed by atoms with E-state index in [1.165, 1.54) is 16.7 Å². The Balaban J connectivity index is 1.51. The van der Waals surface area contributed by atoms with Crippen LogP contribution in [0.4, 0.5) is 0 Å². The zero-order chi connectivity index (χ0) is 12.2. The summed E-state index contributed by atoms with van der Waals surface area (Å²) in [5, 5.41) is 11.5. The first-order chi connectivity index (χ1) is 8.92. The Hall–Kier alpha value is -1.16. The summed E-state index contributed by atoms with van der Waals surface area (Å²) < 4.78 is 0. The highest BCUT2D eigenvalue weighted by Gasteiger charge is 2.16. The molecule has 2 aromatic rings. The number of hydrogen-bond donors (Lipinski definition) is 2. The minimum Gasteiger partial charge on any atom is -0.311 e. The van der Waals surface area contributed by atoms with Gasteiger partial charge in [0.15, 0.2) is 0 Å². The van der Waals surface area contributed by atoms with Crippen LogP contribution in [0.25, 0.3) is 0 Å². The van der Waals surface area contributed by atoms with E-state index in [9.17, 15) is 0 Å². The summed E-state index contributed by atoms with van der Waals surface area (Å²) in [6.07, 6.45) is 1.13. The molecule has 1 atom stereocenters. The molecule has 1 aromatic carbocycles. The molecule has 0 radical (unpaired) electrons. The van der Waals surface area contributed by atoms with E-state index in [1.807, 2.05) is 0 Å². The zero-order valence-corrected chi connectivity index (χ0v) is 11.2. The van der Waals surface area contributed by atoms with Crippen molar-refractivity contribution in [3.63, 3.8) is 0 Å². The van der Waals surface area contributed by atoms with Gasteiger partial charge in [-0.3, -0.25) is 0 Å². The molecule has 0 saturated carbocycles. The van der Waals surface area contributed by atoms with Gasteiger partial charge in [-0.2, -0.15) is 11.3 Å². The van der Waals surface area contributed by atoms with Gasteiger partial charge in [-0.15, -0.1) is 0 Å². The Bertz CT molecular complexity index is 493. The van der Waals surface area contributed by atoms with Crippen LogP contribution in [0.15, 0.2) is 41.1 Å². The summed E-state index contributed by atoms with van der Waals surface area (Å²) in [6.45, 7) is 3.01. The molecule has 2 nitrogen and oxygen atoms in total. The smallest absolute Gasteiger partial charge is 0.0236 e. The van der Waals surface area contributed by atoms with Crippen LogP contribution in [0.3, 0.4) is 0 Å². The fraction of sp³-hybridized carbons (Fsp3) is 0.333. The normalized spacial score (nSPS) is 18.6. The summed E-state index contributed by atoms with van der Waals surface area (Å²) in [4.78, 5) is 0. The van der Waals surface area contributed by atoms with Crippen LogP contribution in [0, 0.1) is 0 Å². The number of benzene rings is 1. The summed E-state index contributed by atoms with van der Waals surface area (Å²) >= 11 is 1.76. The summed E-state index contributed by atoms with van der Waals surface area (Å²) in [5.41, 5.74) is 4.33. The molecule has 0 aliphatic carbocycles. The van der Waals surface area contributed by atoms with Gasteiger partial charge in [0.05, 0.1) is 0 Å². The van der Waals surface area contributed by atoms with Gasteiger partial charge in [0, 0.05) is 25.7 Å². The van der Waals surface area contributed by atoms with Crippen molar-refractivity contribution in [2.45, 2.75) is 25.6 Å². The van der Waals surface area contributed by atoms with Gasteiger partial charge in [-0.1, -0.05) is 24.3 Å². The van der Waals surface area contributed by atoms with E-state index in [1.54, 1.807) is 11.3 Å². The van der Waals surface area contributed by atoms with Gasteiger partial charge in [-0.25, -0.2) is 0 Å². The average molecular weight is 258 g/mol. The first-order valence-electron chi connectivity index (χ1n) is 6.44. The van der Waals surface area contributed by atoms with Gasteiger partial charge in [-0.05, 0) is 39.9 Å².